The Bertz CT molecular complexity index is 711. The molecule has 0 spiro atoms. The zero-order valence-electron chi connectivity index (χ0n) is 27.1. The van der Waals surface area contributed by atoms with Gasteiger partial charge in [0.2, 0.25) is 0 Å². The molecule has 1 aliphatic carbocycles. The van der Waals surface area contributed by atoms with Crippen molar-refractivity contribution >= 4 is 5.97 Å². The lowest BCUT2D eigenvalue weighted by Gasteiger charge is -2.51. The second-order valence-electron chi connectivity index (χ2n) is 13.1. The topological polar surface area (TPSA) is 108 Å². The van der Waals surface area contributed by atoms with Crippen LogP contribution in [-0.4, -0.2) is 71.0 Å². The fraction of sp³-hybridized carbons (Fsp3) is 0.969. The minimum atomic E-state index is -0.720. The first kappa shape index (κ1) is 36.3. The van der Waals surface area contributed by atoms with Crippen LogP contribution < -0.4 is 5.32 Å². The second kappa shape index (κ2) is 16.1. The van der Waals surface area contributed by atoms with Crippen molar-refractivity contribution in [1.29, 1.82) is 0 Å². The Kier molecular flexibility index (Phi) is 14.9. The summed E-state index contributed by atoms with van der Waals surface area (Å²) in [6.45, 7) is 22.3. The van der Waals surface area contributed by atoms with Gasteiger partial charge in [-0.3, -0.25) is 4.79 Å². The van der Waals surface area contributed by atoms with E-state index in [1.807, 2.05) is 48.6 Å². The number of hydrogen-bond acceptors (Lipinski definition) is 7. The van der Waals surface area contributed by atoms with Gasteiger partial charge in [-0.15, -0.1) is 0 Å². The summed E-state index contributed by atoms with van der Waals surface area (Å²) >= 11 is 0. The number of esters is 1. The van der Waals surface area contributed by atoms with Crippen LogP contribution in [0.1, 0.15) is 108 Å². The third-order valence-corrected chi connectivity index (χ3v) is 10.2. The number of aliphatic hydroxyl groups is 3. The molecule has 8 unspecified atom stereocenters. The highest BCUT2D eigenvalue weighted by molar-refractivity contribution is 5.73. The van der Waals surface area contributed by atoms with Crippen molar-refractivity contribution < 1.29 is 29.6 Å². The molecule has 7 heteroatoms. The van der Waals surface area contributed by atoms with Crippen LogP contribution in [0.25, 0.3) is 0 Å². The van der Waals surface area contributed by atoms with Gasteiger partial charge in [-0.25, -0.2) is 0 Å². The van der Waals surface area contributed by atoms with Gasteiger partial charge in [0.15, 0.2) is 0 Å². The molecule has 232 valence electrons. The summed E-state index contributed by atoms with van der Waals surface area (Å²) in [6.07, 6.45) is 2.60. The SMILES string of the molecule is CC.CC[C@@H](O)[C@H](C)C1OC(=O)[C@@H]2C[C@@](C)(CC(C)C(O)[C@@H]1C)C(C)C(C)C2O.CNC1CC(C)OC(C)C1. The summed E-state index contributed by atoms with van der Waals surface area (Å²) in [6, 6.07) is 0.666. The highest BCUT2D eigenvalue weighted by Crippen LogP contribution is 2.52. The van der Waals surface area contributed by atoms with E-state index in [0.717, 1.165) is 19.3 Å². The molecule has 2 heterocycles. The lowest BCUT2D eigenvalue weighted by atomic mass is 9.56. The molecule has 7 nitrogen and oxygen atoms in total. The first-order valence-electron chi connectivity index (χ1n) is 15.7. The molecule has 0 radical (unpaired) electrons. The van der Waals surface area contributed by atoms with E-state index in [9.17, 15) is 20.1 Å². The van der Waals surface area contributed by atoms with E-state index in [1.165, 1.54) is 0 Å². The van der Waals surface area contributed by atoms with E-state index in [-0.39, 0.29) is 41.0 Å². The van der Waals surface area contributed by atoms with Crippen molar-refractivity contribution in [3.05, 3.63) is 0 Å². The molecular weight excluding hydrogens is 494 g/mol. The third-order valence-electron chi connectivity index (χ3n) is 10.2. The largest absolute Gasteiger partial charge is 0.461 e. The molecule has 1 saturated carbocycles. The quantitative estimate of drug-likeness (QED) is 0.352. The van der Waals surface area contributed by atoms with E-state index in [0.29, 0.717) is 31.1 Å². The Hall–Kier alpha value is -0.730. The van der Waals surface area contributed by atoms with Crippen LogP contribution in [0.3, 0.4) is 0 Å². The third kappa shape index (κ3) is 9.13. The summed E-state index contributed by atoms with van der Waals surface area (Å²) in [5.74, 6) is -1.23. The number of hydrogen-bond donors (Lipinski definition) is 4. The van der Waals surface area contributed by atoms with E-state index in [4.69, 9.17) is 9.47 Å². The standard InChI is InChI=1S/C22H40O5.C8H17NO.C2H6/c1-8-17(23)13(4)20-14(5)18(24)11(2)9-22(7)10-16(21(26)27-20)19(25)12(3)15(22)6;1-6-4-8(9-3)5-7(2)10-6;1-2/h11-20,23-25H,8-10H2,1-7H3;6-9H,4-5H2,1-3H3;1-2H3/t11?,12?,13-,14-,15?,16+,17+,18?,19?,20?,22+;;/m0../s1. The fourth-order valence-electron chi connectivity index (χ4n) is 7.31. The van der Waals surface area contributed by atoms with Crippen LogP contribution in [0.2, 0.25) is 0 Å². The number of cyclic esters (lactones) is 1. The van der Waals surface area contributed by atoms with Gasteiger partial charge in [0.05, 0.1) is 36.4 Å². The van der Waals surface area contributed by atoms with Gasteiger partial charge < -0.3 is 30.1 Å². The molecule has 0 aromatic rings. The van der Waals surface area contributed by atoms with Crippen molar-refractivity contribution in [2.24, 2.45) is 40.9 Å². The average molecular weight is 558 g/mol. The Morgan fingerprint density at radius 3 is 2.00 bits per heavy atom. The highest BCUT2D eigenvalue weighted by Gasteiger charge is 2.52. The highest BCUT2D eigenvalue weighted by atomic mass is 16.5. The number of rotatable bonds is 4. The first-order valence-corrected chi connectivity index (χ1v) is 15.7. The molecule has 2 bridgehead atoms. The van der Waals surface area contributed by atoms with Crippen LogP contribution in [0, 0.1) is 40.9 Å². The van der Waals surface area contributed by atoms with Gasteiger partial charge in [0, 0.05) is 17.9 Å². The van der Waals surface area contributed by atoms with Crippen molar-refractivity contribution in [3.8, 4) is 0 Å². The number of nitrogens with one attached hydrogen (secondary N) is 1. The summed E-state index contributed by atoms with van der Waals surface area (Å²) in [5.41, 5.74) is -0.135. The van der Waals surface area contributed by atoms with Gasteiger partial charge >= 0.3 is 5.97 Å². The zero-order valence-corrected chi connectivity index (χ0v) is 27.1. The van der Waals surface area contributed by atoms with Gasteiger partial charge in [-0.05, 0) is 76.2 Å². The van der Waals surface area contributed by atoms with Gasteiger partial charge in [-0.2, -0.15) is 0 Å². The summed E-state index contributed by atoms with van der Waals surface area (Å²) in [7, 11) is 2.02. The molecule has 13 atom stereocenters. The van der Waals surface area contributed by atoms with Crippen LogP contribution in [-0.2, 0) is 14.3 Å². The molecule has 0 aromatic carbocycles. The molecule has 2 saturated heterocycles. The van der Waals surface area contributed by atoms with Gasteiger partial charge in [0.1, 0.15) is 6.10 Å². The molecule has 3 rings (SSSR count). The van der Waals surface area contributed by atoms with Gasteiger partial charge in [0.25, 0.3) is 0 Å². The smallest absolute Gasteiger partial charge is 0.311 e. The summed E-state index contributed by atoms with van der Waals surface area (Å²) in [4.78, 5) is 13.1. The number of carbonyl (C=O) groups excluding carboxylic acids is 1. The normalized spacial score (nSPS) is 44.4. The number of fused-ring (bicyclic) bond motifs is 2. The Morgan fingerprint density at radius 1 is 0.974 bits per heavy atom. The maximum atomic E-state index is 13.1. The molecule has 0 amide bonds. The maximum Gasteiger partial charge on any atom is 0.311 e. The molecule has 0 aromatic heterocycles. The number of ether oxygens (including phenoxy) is 2. The molecule has 39 heavy (non-hydrogen) atoms. The van der Waals surface area contributed by atoms with Crippen LogP contribution in [0.15, 0.2) is 0 Å². The van der Waals surface area contributed by atoms with Crippen molar-refractivity contribution in [3.63, 3.8) is 0 Å². The molecule has 4 N–H and O–H groups in total. The molecule has 3 aliphatic rings. The predicted molar refractivity (Wildman–Crippen MR) is 158 cm³/mol. The first-order chi connectivity index (χ1) is 18.2. The Morgan fingerprint density at radius 2 is 1.51 bits per heavy atom. The average Bonchev–Trinajstić information content (AvgIpc) is 2.91. The minimum absolute atomic E-state index is 0.0143. The lowest BCUT2D eigenvalue weighted by molar-refractivity contribution is -0.186. The summed E-state index contributed by atoms with van der Waals surface area (Å²) < 4.78 is 11.5. The molecule has 3 fully saturated rings. The molecular formula is C32H63NO6. The van der Waals surface area contributed by atoms with E-state index >= 15 is 0 Å². The fourth-order valence-corrected chi connectivity index (χ4v) is 7.31. The summed E-state index contributed by atoms with van der Waals surface area (Å²) in [5, 5.41) is 35.4. The Balaban J connectivity index is 0.000000528. The Labute approximate surface area is 239 Å². The van der Waals surface area contributed by atoms with E-state index in [2.05, 4.69) is 39.9 Å². The van der Waals surface area contributed by atoms with Crippen molar-refractivity contribution in [1.82, 2.24) is 5.32 Å². The molecule has 2 aliphatic heterocycles. The van der Waals surface area contributed by atoms with Gasteiger partial charge in [-0.1, -0.05) is 62.3 Å². The van der Waals surface area contributed by atoms with Crippen molar-refractivity contribution in [2.75, 3.05) is 7.05 Å². The van der Waals surface area contributed by atoms with E-state index in [1.54, 1.807) is 0 Å². The second-order valence-corrected chi connectivity index (χ2v) is 13.1. The zero-order chi connectivity index (χ0) is 30.2. The lowest BCUT2D eigenvalue weighted by Crippen LogP contribution is -2.54. The minimum Gasteiger partial charge on any atom is -0.461 e. The number of aliphatic hydroxyl groups excluding tert-OH is 3. The monoisotopic (exact) mass is 557 g/mol. The van der Waals surface area contributed by atoms with Crippen molar-refractivity contribution in [2.45, 2.75) is 151 Å². The van der Waals surface area contributed by atoms with E-state index < -0.39 is 30.3 Å². The maximum absolute atomic E-state index is 13.1. The van der Waals surface area contributed by atoms with Crippen LogP contribution in [0.5, 0.6) is 0 Å². The number of carbonyl (C=O) groups is 1. The van der Waals surface area contributed by atoms with Crippen LogP contribution >= 0.6 is 0 Å². The van der Waals surface area contributed by atoms with Crippen LogP contribution in [0.4, 0.5) is 0 Å². The predicted octanol–water partition coefficient (Wildman–Crippen LogP) is 5.19.